The van der Waals surface area contributed by atoms with E-state index in [1.165, 1.54) is 0 Å². The van der Waals surface area contributed by atoms with Crippen LogP contribution in [0.3, 0.4) is 0 Å². The van der Waals surface area contributed by atoms with E-state index in [-0.39, 0.29) is 6.03 Å². The Balaban J connectivity index is 1.54. The number of nitrogens with one attached hydrogen (secondary N) is 2. The fourth-order valence-corrected chi connectivity index (χ4v) is 2.80. The predicted molar refractivity (Wildman–Crippen MR) is 115 cm³/mol. The molecule has 29 heavy (non-hydrogen) atoms. The van der Waals surface area contributed by atoms with Crippen LogP contribution in [0, 0.1) is 0 Å². The van der Waals surface area contributed by atoms with Gasteiger partial charge in [-0.2, -0.15) is 5.10 Å². The lowest BCUT2D eigenvalue weighted by Crippen LogP contribution is -2.30. The minimum absolute atomic E-state index is 0.167. The summed E-state index contributed by atoms with van der Waals surface area (Å²) in [7, 11) is 5.80. The molecule has 1 aromatic heterocycles. The maximum Gasteiger partial charge on any atom is 0.321 e. The zero-order valence-corrected chi connectivity index (χ0v) is 17.1. The maximum atomic E-state index is 12.5. The van der Waals surface area contributed by atoms with Crippen molar-refractivity contribution in [2.75, 3.05) is 39.6 Å². The molecule has 0 fully saturated rings. The van der Waals surface area contributed by atoms with Crippen molar-refractivity contribution in [3.63, 3.8) is 0 Å². The summed E-state index contributed by atoms with van der Waals surface area (Å²) in [5.74, 6) is 0.813. The highest BCUT2D eigenvalue weighted by atomic mass is 16.5. The van der Waals surface area contributed by atoms with E-state index in [2.05, 4.69) is 20.4 Å². The number of amides is 2. The molecule has 7 nitrogen and oxygen atoms in total. The van der Waals surface area contributed by atoms with Gasteiger partial charge in [0.1, 0.15) is 12.4 Å². The van der Waals surface area contributed by atoms with Crippen LogP contribution in [0.5, 0.6) is 5.75 Å². The summed E-state index contributed by atoms with van der Waals surface area (Å²) >= 11 is 0. The van der Waals surface area contributed by atoms with E-state index >= 15 is 0 Å². The van der Waals surface area contributed by atoms with Crippen LogP contribution in [-0.4, -0.2) is 60.3 Å². The van der Waals surface area contributed by atoms with Gasteiger partial charge in [-0.3, -0.25) is 5.10 Å². The number of aromatic amines is 1. The molecule has 3 rings (SSSR count). The Morgan fingerprint density at radius 2 is 1.90 bits per heavy atom. The van der Waals surface area contributed by atoms with Crippen molar-refractivity contribution in [2.45, 2.75) is 6.54 Å². The molecule has 0 radical (unpaired) electrons. The quantitative estimate of drug-likeness (QED) is 0.612. The first-order valence-corrected chi connectivity index (χ1v) is 9.49. The number of hydrogen-bond donors (Lipinski definition) is 2. The molecule has 2 amide bonds. The molecular formula is C22H27N5O2. The first-order chi connectivity index (χ1) is 14.0. The van der Waals surface area contributed by atoms with Crippen molar-refractivity contribution in [3.8, 4) is 16.9 Å². The van der Waals surface area contributed by atoms with Gasteiger partial charge in [0.15, 0.2) is 0 Å². The highest BCUT2D eigenvalue weighted by Crippen LogP contribution is 2.20. The fourth-order valence-electron chi connectivity index (χ4n) is 2.80. The average molecular weight is 393 g/mol. The van der Waals surface area contributed by atoms with Gasteiger partial charge in [-0.1, -0.05) is 24.3 Å². The summed E-state index contributed by atoms with van der Waals surface area (Å²) in [4.78, 5) is 16.2. The van der Waals surface area contributed by atoms with Crippen molar-refractivity contribution >= 4 is 11.7 Å². The summed E-state index contributed by atoms with van der Waals surface area (Å²) in [6.07, 6.45) is 3.60. The minimum Gasteiger partial charge on any atom is -0.492 e. The smallest absolute Gasteiger partial charge is 0.321 e. The van der Waals surface area contributed by atoms with Gasteiger partial charge in [0.05, 0.1) is 6.20 Å². The Morgan fingerprint density at radius 1 is 1.10 bits per heavy atom. The molecule has 0 saturated heterocycles. The molecule has 0 bridgehead atoms. The topological polar surface area (TPSA) is 73.5 Å². The van der Waals surface area contributed by atoms with E-state index < -0.39 is 0 Å². The normalized spacial score (nSPS) is 10.8. The molecule has 0 aliphatic heterocycles. The van der Waals surface area contributed by atoms with Gasteiger partial charge in [-0.05, 0) is 49.5 Å². The average Bonchev–Trinajstić information content (AvgIpc) is 3.23. The Morgan fingerprint density at radius 3 is 2.59 bits per heavy atom. The first kappa shape index (κ1) is 20.4. The molecule has 0 atom stereocenters. The molecule has 0 unspecified atom stereocenters. The molecular weight excluding hydrogens is 366 g/mol. The van der Waals surface area contributed by atoms with Gasteiger partial charge in [-0.25, -0.2) is 4.79 Å². The molecule has 0 aliphatic rings. The Kier molecular flexibility index (Phi) is 6.86. The van der Waals surface area contributed by atoms with Gasteiger partial charge < -0.3 is 19.9 Å². The number of nitrogens with zero attached hydrogens (tertiary/aromatic N) is 3. The molecule has 152 valence electrons. The molecule has 7 heteroatoms. The number of anilines is 1. The van der Waals surface area contributed by atoms with Crippen LogP contribution in [0.15, 0.2) is 60.9 Å². The summed E-state index contributed by atoms with van der Waals surface area (Å²) < 4.78 is 5.77. The number of ether oxygens (including phenoxy) is 1. The van der Waals surface area contributed by atoms with Crippen LogP contribution in [0.2, 0.25) is 0 Å². The monoisotopic (exact) mass is 393 g/mol. The second-order valence-corrected chi connectivity index (χ2v) is 7.15. The predicted octanol–water partition coefficient (Wildman–Crippen LogP) is 3.68. The molecule has 0 saturated carbocycles. The van der Waals surface area contributed by atoms with E-state index in [0.717, 1.165) is 34.7 Å². The van der Waals surface area contributed by atoms with Crippen LogP contribution < -0.4 is 10.1 Å². The van der Waals surface area contributed by atoms with Crippen LogP contribution in [0.4, 0.5) is 10.5 Å². The SMILES string of the molecule is CN(C)CCOc1cccc(CN(C)C(=O)Nc2ccc(-c3cn[nH]c3)cc2)c1. The third-order valence-electron chi connectivity index (χ3n) is 4.44. The zero-order chi connectivity index (χ0) is 20.6. The summed E-state index contributed by atoms with van der Waals surface area (Å²) in [6.45, 7) is 1.97. The standard InChI is InChI=1S/C22H27N5O2/c1-26(2)11-12-29-21-6-4-5-17(13-21)16-27(3)22(28)25-20-9-7-18(8-10-20)19-14-23-24-15-19/h4-10,13-15H,11-12,16H2,1-3H3,(H,23,24)(H,25,28). The van der Waals surface area contributed by atoms with E-state index in [1.54, 1.807) is 18.1 Å². The van der Waals surface area contributed by atoms with Crippen LogP contribution >= 0.6 is 0 Å². The number of H-pyrrole nitrogens is 1. The lowest BCUT2D eigenvalue weighted by Gasteiger charge is -2.19. The lowest BCUT2D eigenvalue weighted by molar-refractivity contribution is 0.220. The number of rotatable bonds is 8. The molecule has 0 aliphatic carbocycles. The third-order valence-corrected chi connectivity index (χ3v) is 4.44. The van der Waals surface area contributed by atoms with Crippen molar-refractivity contribution < 1.29 is 9.53 Å². The first-order valence-electron chi connectivity index (χ1n) is 9.49. The number of likely N-dealkylation sites (N-methyl/N-ethyl adjacent to an activating group) is 1. The second-order valence-electron chi connectivity index (χ2n) is 7.15. The summed E-state index contributed by atoms with van der Waals surface area (Å²) in [5, 5.41) is 9.67. The number of urea groups is 1. The zero-order valence-electron chi connectivity index (χ0n) is 17.1. The summed E-state index contributed by atoms with van der Waals surface area (Å²) in [6, 6.07) is 15.3. The van der Waals surface area contributed by atoms with Crippen LogP contribution in [-0.2, 0) is 6.54 Å². The fraction of sp³-hybridized carbons (Fsp3) is 0.273. The van der Waals surface area contributed by atoms with E-state index in [0.29, 0.717) is 13.2 Å². The number of hydrogen-bond acceptors (Lipinski definition) is 4. The minimum atomic E-state index is -0.167. The number of aromatic nitrogens is 2. The number of carbonyl (C=O) groups excluding carboxylic acids is 1. The van der Waals surface area contributed by atoms with Crippen molar-refractivity contribution in [2.24, 2.45) is 0 Å². The number of benzene rings is 2. The van der Waals surface area contributed by atoms with Crippen molar-refractivity contribution in [1.29, 1.82) is 0 Å². The molecule has 1 heterocycles. The van der Waals surface area contributed by atoms with Crippen LogP contribution in [0.25, 0.3) is 11.1 Å². The Hall–Kier alpha value is -3.32. The van der Waals surface area contributed by atoms with Gasteiger partial charge in [-0.15, -0.1) is 0 Å². The van der Waals surface area contributed by atoms with E-state index in [4.69, 9.17) is 4.74 Å². The second kappa shape index (κ2) is 9.75. The highest BCUT2D eigenvalue weighted by Gasteiger charge is 2.10. The van der Waals surface area contributed by atoms with Gasteiger partial charge in [0.2, 0.25) is 0 Å². The molecule has 2 N–H and O–H groups in total. The van der Waals surface area contributed by atoms with Crippen LogP contribution in [0.1, 0.15) is 5.56 Å². The Bertz CT molecular complexity index is 907. The van der Waals surface area contributed by atoms with Crippen molar-refractivity contribution in [3.05, 3.63) is 66.5 Å². The van der Waals surface area contributed by atoms with E-state index in [1.807, 2.05) is 68.8 Å². The van der Waals surface area contributed by atoms with E-state index in [9.17, 15) is 4.79 Å². The maximum absolute atomic E-state index is 12.5. The van der Waals surface area contributed by atoms with Gasteiger partial charge >= 0.3 is 6.03 Å². The molecule has 3 aromatic rings. The number of carbonyl (C=O) groups is 1. The largest absolute Gasteiger partial charge is 0.492 e. The highest BCUT2D eigenvalue weighted by molar-refractivity contribution is 5.89. The van der Waals surface area contributed by atoms with Gasteiger partial charge in [0.25, 0.3) is 0 Å². The molecule has 0 spiro atoms. The Labute approximate surface area is 171 Å². The lowest BCUT2D eigenvalue weighted by atomic mass is 10.1. The third kappa shape index (κ3) is 6.08. The van der Waals surface area contributed by atoms with Gasteiger partial charge in [0, 0.05) is 37.6 Å². The molecule has 2 aromatic carbocycles. The summed E-state index contributed by atoms with van der Waals surface area (Å²) in [5.41, 5.74) is 3.80. The van der Waals surface area contributed by atoms with Crippen molar-refractivity contribution in [1.82, 2.24) is 20.0 Å².